The third-order valence-electron chi connectivity index (χ3n) is 3.96. The van der Waals surface area contributed by atoms with Gasteiger partial charge in [-0.3, -0.25) is 4.40 Å². The zero-order valence-electron chi connectivity index (χ0n) is 12.2. The van der Waals surface area contributed by atoms with E-state index in [1.807, 2.05) is 0 Å². The number of aliphatic hydroxyl groups is 1. The zero-order valence-corrected chi connectivity index (χ0v) is 13.0. The third-order valence-corrected chi connectivity index (χ3v) is 4.90. The van der Waals surface area contributed by atoms with E-state index in [9.17, 15) is 5.11 Å². The largest absolute Gasteiger partial charge is 0.396 e. The number of aromatic nitrogens is 2. The number of rotatable bonds is 6. The first-order chi connectivity index (χ1) is 9.00. The first-order valence-electron chi connectivity index (χ1n) is 6.78. The van der Waals surface area contributed by atoms with Crippen LogP contribution in [-0.4, -0.2) is 26.6 Å². The molecule has 0 aromatic carbocycles. The Hall–Kier alpha value is -0.910. The summed E-state index contributed by atoms with van der Waals surface area (Å²) in [6.07, 6.45) is 1.77. The van der Waals surface area contributed by atoms with Crippen LogP contribution in [0.5, 0.6) is 0 Å². The maximum Gasteiger partial charge on any atom is 0.194 e. The molecule has 2 rings (SSSR count). The Kier molecular flexibility index (Phi) is 4.28. The van der Waals surface area contributed by atoms with Crippen LogP contribution in [0.15, 0.2) is 5.38 Å². The maximum atomic E-state index is 9.17. The van der Waals surface area contributed by atoms with E-state index in [-0.39, 0.29) is 12.1 Å². The average molecular weight is 281 g/mol. The summed E-state index contributed by atoms with van der Waals surface area (Å²) in [7, 11) is 0. The molecule has 5 heteroatoms. The molecule has 2 N–H and O–H groups in total. The third kappa shape index (κ3) is 2.83. The van der Waals surface area contributed by atoms with E-state index in [4.69, 9.17) is 0 Å². The van der Waals surface area contributed by atoms with E-state index in [1.165, 1.54) is 11.4 Å². The lowest BCUT2D eigenvalue weighted by Crippen LogP contribution is -2.42. The molecular formula is C14H23N3OS. The number of fused-ring (bicyclic) bond motifs is 1. The van der Waals surface area contributed by atoms with E-state index in [2.05, 4.69) is 47.8 Å². The van der Waals surface area contributed by atoms with Gasteiger partial charge in [0.15, 0.2) is 4.96 Å². The molecule has 1 unspecified atom stereocenters. The molecule has 0 aliphatic heterocycles. The van der Waals surface area contributed by atoms with Crippen LogP contribution in [-0.2, 0) is 6.54 Å². The van der Waals surface area contributed by atoms with Crippen molar-refractivity contribution in [2.24, 2.45) is 0 Å². The fourth-order valence-electron chi connectivity index (χ4n) is 2.31. The fourth-order valence-corrected chi connectivity index (χ4v) is 3.24. The molecular weight excluding hydrogens is 258 g/mol. The predicted octanol–water partition coefficient (Wildman–Crippen LogP) is 2.65. The minimum absolute atomic E-state index is 0.0186. The number of hydrogen-bond acceptors (Lipinski definition) is 4. The molecule has 0 aliphatic rings. The van der Waals surface area contributed by atoms with Gasteiger partial charge < -0.3 is 10.4 Å². The van der Waals surface area contributed by atoms with Crippen LogP contribution in [0.3, 0.4) is 0 Å². The highest BCUT2D eigenvalue weighted by Crippen LogP contribution is 2.22. The van der Waals surface area contributed by atoms with Crippen LogP contribution < -0.4 is 5.32 Å². The van der Waals surface area contributed by atoms with Gasteiger partial charge in [-0.05, 0) is 33.6 Å². The van der Waals surface area contributed by atoms with E-state index < -0.39 is 0 Å². The summed E-state index contributed by atoms with van der Waals surface area (Å²) in [6, 6.07) is 0. The normalized spacial score (nSPS) is 15.0. The van der Waals surface area contributed by atoms with Gasteiger partial charge in [-0.1, -0.05) is 6.92 Å². The summed E-state index contributed by atoms with van der Waals surface area (Å²) in [5.41, 5.74) is 3.53. The number of aryl methyl sites for hydroxylation is 2. The van der Waals surface area contributed by atoms with Crippen molar-refractivity contribution in [3.05, 3.63) is 22.5 Å². The summed E-state index contributed by atoms with van der Waals surface area (Å²) in [5, 5.41) is 14.9. The van der Waals surface area contributed by atoms with E-state index in [0.717, 1.165) is 30.0 Å². The summed E-state index contributed by atoms with van der Waals surface area (Å²) >= 11 is 1.68. The minimum atomic E-state index is -0.0186. The Labute approximate surface area is 118 Å². The second-order valence-corrected chi connectivity index (χ2v) is 6.22. The van der Waals surface area contributed by atoms with Crippen LogP contribution in [0.2, 0.25) is 0 Å². The van der Waals surface area contributed by atoms with Crippen molar-refractivity contribution in [2.75, 3.05) is 6.61 Å². The predicted molar refractivity (Wildman–Crippen MR) is 79.8 cm³/mol. The van der Waals surface area contributed by atoms with Gasteiger partial charge in [0.25, 0.3) is 0 Å². The highest BCUT2D eigenvalue weighted by atomic mass is 32.1. The van der Waals surface area contributed by atoms with Crippen LogP contribution >= 0.6 is 11.3 Å². The SMILES string of the molecule is CCC(C)(CCO)NCc1c(C)nc2scc(C)n12. The number of nitrogens with one attached hydrogen (secondary N) is 1. The summed E-state index contributed by atoms with van der Waals surface area (Å²) in [5.74, 6) is 0. The van der Waals surface area contributed by atoms with Gasteiger partial charge >= 0.3 is 0 Å². The Morgan fingerprint density at radius 1 is 1.47 bits per heavy atom. The van der Waals surface area contributed by atoms with Crippen molar-refractivity contribution < 1.29 is 5.11 Å². The average Bonchev–Trinajstić information content (AvgIpc) is 2.87. The number of thiazole rings is 1. The Morgan fingerprint density at radius 2 is 2.21 bits per heavy atom. The number of hydrogen-bond donors (Lipinski definition) is 2. The molecule has 0 radical (unpaired) electrons. The lowest BCUT2D eigenvalue weighted by Gasteiger charge is -2.29. The molecule has 1 atom stereocenters. The van der Waals surface area contributed by atoms with Crippen LogP contribution in [0, 0.1) is 13.8 Å². The summed E-state index contributed by atoms with van der Waals surface area (Å²) in [4.78, 5) is 5.66. The Balaban J connectivity index is 2.21. The van der Waals surface area contributed by atoms with Crippen LogP contribution in [0.1, 0.15) is 43.8 Å². The first kappa shape index (κ1) is 14.5. The van der Waals surface area contributed by atoms with E-state index in [0.29, 0.717) is 0 Å². The van der Waals surface area contributed by atoms with Crippen molar-refractivity contribution >= 4 is 16.3 Å². The van der Waals surface area contributed by atoms with E-state index in [1.54, 1.807) is 11.3 Å². The number of aliphatic hydroxyl groups excluding tert-OH is 1. The molecule has 2 aromatic rings. The molecule has 2 aromatic heterocycles. The monoisotopic (exact) mass is 281 g/mol. The van der Waals surface area contributed by atoms with Gasteiger partial charge in [0.2, 0.25) is 0 Å². The Bertz CT molecular complexity index is 560. The molecule has 106 valence electrons. The molecule has 0 aliphatic carbocycles. The fraction of sp³-hybridized carbons (Fsp3) is 0.643. The van der Waals surface area contributed by atoms with Gasteiger partial charge in [-0.25, -0.2) is 4.98 Å². The smallest absolute Gasteiger partial charge is 0.194 e. The van der Waals surface area contributed by atoms with Crippen molar-refractivity contribution in [2.45, 2.75) is 52.6 Å². The van der Waals surface area contributed by atoms with Crippen LogP contribution in [0.4, 0.5) is 0 Å². The molecule has 0 bridgehead atoms. The molecule has 0 saturated heterocycles. The topological polar surface area (TPSA) is 49.6 Å². The standard InChI is InChI=1S/C14H23N3OS/c1-5-14(4,6-7-18)15-8-12-11(3)16-13-17(12)10(2)9-19-13/h9,15,18H,5-8H2,1-4H3. The van der Waals surface area contributed by atoms with Gasteiger partial charge in [-0.15, -0.1) is 11.3 Å². The highest BCUT2D eigenvalue weighted by molar-refractivity contribution is 7.15. The summed E-state index contributed by atoms with van der Waals surface area (Å²) in [6.45, 7) is 9.49. The summed E-state index contributed by atoms with van der Waals surface area (Å²) < 4.78 is 2.22. The van der Waals surface area contributed by atoms with Crippen molar-refractivity contribution in [1.29, 1.82) is 0 Å². The zero-order chi connectivity index (χ0) is 14.0. The maximum absolute atomic E-state index is 9.17. The van der Waals surface area contributed by atoms with Gasteiger partial charge in [-0.2, -0.15) is 0 Å². The van der Waals surface area contributed by atoms with Crippen LogP contribution in [0.25, 0.3) is 4.96 Å². The van der Waals surface area contributed by atoms with Gasteiger partial charge in [0.05, 0.1) is 11.4 Å². The van der Waals surface area contributed by atoms with Crippen molar-refractivity contribution in [1.82, 2.24) is 14.7 Å². The second-order valence-electron chi connectivity index (χ2n) is 5.38. The Morgan fingerprint density at radius 3 is 2.84 bits per heavy atom. The second kappa shape index (κ2) is 5.61. The minimum Gasteiger partial charge on any atom is -0.396 e. The number of nitrogens with zero attached hydrogens (tertiary/aromatic N) is 2. The van der Waals surface area contributed by atoms with Crippen molar-refractivity contribution in [3.8, 4) is 0 Å². The van der Waals surface area contributed by atoms with E-state index >= 15 is 0 Å². The molecule has 0 fully saturated rings. The molecule has 4 nitrogen and oxygen atoms in total. The highest BCUT2D eigenvalue weighted by Gasteiger charge is 2.22. The lowest BCUT2D eigenvalue weighted by molar-refractivity contribution is 0.214. The first-order valence-corrected chi connectivity index (χ1v) is 7.66. The molecule has 19 heavy (non-hydrogen) atoms. The molecule has 0 saturated carbocycles. The van der Waals surface area contributed by atoms with Gasteiger partial charge in [0, 0.05) is 29.8 Å². The van der Waals surface area contributed by atoms with Gasteiger partial charge in [0.1, 0.15) is 0 Å². The molecule has 2 heterocycles. The van der Waals surface area contributed by atoms with Crippen molar-refractivity contribution in [3.63, 3.8) is 0 Å². The molecule has 0 spiro atoms. The quantitative estimate of drug-likeness (QED) is 0.856. The molecule has 0 amide bonds. The number of imidazole rings is 1. The lowest BCUT2D eigenvalue weighted by atomic mass is 9.95.